The Morgan fingerprint density at radius 2 is 2.33 bits per heavy atom. The zero-order valence-electron chi connectivity index (χ0n) is 9.20. The minimum atomic E-state index is -0.814. The fourth-order valence-corrected chi connectivity index (χ4v) is 1.08. The van der Waals surface area contributed by atoms with Crippen molar-refractivity contribution in [1.29, 1.82) is 0 Å². The first-order valence-electron chi connectivity index (χ1n) is 4.78. The van der Waals surface area contributed by atoms with Gasteiger partial charge < -0.3 is 14.9 Å². The normalized spacial score (nSPS) is 11.7. The van der Waals surface area contributed by atoms with E-state index in [1.54, 1.807) is 13.8 Å². The van der Waals surface area contributed by atoms with E-state index in [0.717, 1.165) is 11.5 Å². The van der Waals surface area contributed by atoms with Crippen LogP contribution in [0.3, 0.4) is 0 Å². The fraction of sp³-hybridized carbons (Fsp3) is 0.600. The molecular formula is C10H16N2O3. The SMILES string of the molecule is Cc1cc(CNCC(C)(C)C(=O)O)no1. The van der Waals surface area contributed by atoms with Gasteiger partial charge in [-0.3, -0.25) is 4.79 Å². The molecule has 84 valence electrons. The highest BCUT2D eigenvalue weighted by Gasteiger charge is 2.26. The summed E-state index contributed by atoms with van der Waals surface area (Å²) in [6.45, 7) is 6.09. The summed E-state index contributed by atoms with van der Waals surface area (Å²) in [5, 5.41) is 15.7. The standard InChI is InChI=1S/C10H16N2O3/c1-7-4-8(12-15-7)5-11-6-10(2,3)9(13)14/h4,11H,5-6H2,1-3H3,(H,13,14). The van der Waals surface area contributed by atoms with E-state index >= 15 is 0 Å². The van der Waals surface area contributed by atoms with Crippen molar-refractivity contribution in [2.45, 2.75) is 27.3 Å². The average Bonchev–Trinajstić information content (AvgIpc) is 2.51. The zero-order valence-corrected chi connectivity index (χ0v) is 9.20. The quantitative estimate of drug-likeness (QED) is 0.766. The summed E-state index contributed by atoms with van der Waals surface area (Å²) in [4.78, 5) is 10.8. The number of carboxylic acid groups (broad SMARTS) is 1. The molecule has 1 rings (SSSR count). The maximum atomic E-state index is 10.8. The second kappa shape index (κ2) is 4.44. The molecule has 0 unspecified atom stereocenters. The topological polar surface area (TPSA) is 75.4 Å². The lowest BCUT2D eigenvalue weighted by Crippen LogP contribution is -2.35. The number of nitrogens with one attached hydrogen (secondary N) is 1. The van der Waals surface area contributed by atoms with Crippen LogP contribution in [0.15, 0.2) is 10.6 Å². The van der Waals surface area contributed by atoms with Crippen molar-refractivity contribution in [3.63, 3.8) is 0 Å². The van der Waals surface area contributed by atoms with Crippen LogP contribution in [0.2, 0.25) is 0 Å². The van der Waals surface area contributed by atoms with E-state index < -0.39 is 11.4 Å². The van der Waals surface area contributed by atoms with Gasteiger partial charge in [-0.2, -0.15) is 0 Å². The summed E-state index contributed by atoms with van der Waals surface area (Å²) in [6.07, 6.45) is 0. The molecule has 0 aliphatic carbocycles. The Morgan fingerprint density at radius 3 is 2.80 bits per heavy atom. The molecule has 0 bridgehead atoms. The Balaban J connectivity index is 2.36. The van der Waals surface area contributed by atoms with E-state index in [9.17, 15) is 4.79 Å². The van der Waals surface area contributed by atoms with E-state index in [1.165, 1.54) is 0 Å². The predicted octanol–water partition coefficient (Wildman–Crippen LogP) is 1.18. The van der Waals surface area contributed by atoms with Crippen LogP contribution >= 0.6 is 0 Å². The van der Waals surface area contributed by atoms with Gasteiger partial charge in [-0.1, -0.05) is 5.16 Å². The lowest BCUT2D eigenvalue weighted by Gasteiger charge is -2.18. The highest BCUT2D eigenvalue weighted by molar-refractivity contribution is 5.73. The minimum Gasteiger partial charge on any atom is -0.481 e. The maximum absolute atomic E-state index is 10.8. The average molecular weight is 212 g/mol. The number of aryl methyl sites for hydroxylation is 1. The molecule has 1 aromatic rings. The third-order valence-electron chi connectivity index (χ3n) is 2.13. The van der Waals surface area contributed by atoms with Crippen molar-refractivity contribution >= 4 is 5.97 Å². The molecule has 0 atom stereocenters. The number of aromatic nitrogens is 1. The lowest BCUT2D eigenvalue weighted by atomic mass is 9.94. The molecule has 0 aromatic carbocycles. The van der Waals surface area contributed by atoms with E-state index in [-0.39, 0.29) is 0 Å². The monoisotopic (exact) mass is 212 g/mol. The van der Waals surface area contributed by atoms with Crippen LogP contribution < -0.4 is 5.32 Å². The largest absolute Gasteiger partial charge is 0.481 e. The van der Waals surface area contributed by atoms with Crippen LogP contribution in [0.1, 0.15) is 25.3 Å². The second-order valence-corrected chi connectivity index (χ2v) is 4.22. The Hall–Kier alpha value is -1.36. The summed E-state index contributed by atoms with van der Waals surface area (Å²) >= 11 is 0. The van der Waals surface area contributed by atoms with Gasteiger partial charge in [0.1, 0.15) is 5.76 Å². The van der Waals surface area contributed by atoms with Crippen LogP contribution in [0.4, 0.5) is 0 Å². The number of hydrogen-bond donors (Lipinski definition) is 2. The number of carboxylic acids is 1. The highest BCUT2D eigenvalue weighted by atomic mass is 16.5. The summed E-state index contributed by atoms with van der Waals surface area (Å²) in [5.41, 5.74) is 0.0207. The summed E-state index contributed by atoms with van der Waals surface area (Å²) in [6, 6.07) is 1.82. The first-order valence-corrected chi connectivity index (χ1v) is 4.78. The van der Waals surface area contributed by atoms with Crippen LogP contribution in [-0.2, 0) is 11.3 Å². The van der Waals surface area contributed by atoms with E-state index in [2.05, 4.69) is 10.5 Å². The second-order valence-electron chi connectivity index (χ2n) is 4.22. The van der Waals surface area contributed by atoms with Gasteiger partial charge in [0.05, 0.1) is 11.1 Å². The minimum absolute atomic E-state index is 0.397. The molecule has 1 heterocycles. The molecule has 15 heavy (non-hydrogen) atoms. The molecule has 0 saturated carbocycles. The maximum Gasteiger partial charge on any atom is 0.310 e. The molecule has 5 heteroatoms. The number of aliphatic carboxylic acids is 1. The summed E-state index contributed by atoms with van der Waals surface area (Å²) < 4.78 is 4.89. The van der Waals surface area contributed by atoms with Gasteiger partial charge in [0.25, 0.3) is 0 Å². The Kier molecular flexibility index (Phi) is 3.47. The fourth-order valence-electron chi connectivity index (χ4n) is 1.08. The van der Waals surface area contributed by atoms with Crippen molar-refractivity contribution in [3.8, 4) is 0 Å². The molecule has 1 aromatic heterocycles. The van der Waals surface area contributed by atoms with Crippen molar-refractivity contribution in [2.24, 2.45) is 5.41 Å². The van der Waals surface area contributed by atoms with Gasteiger partial charge in [0.2, 0.25) is 0 Å². The predicted molar refractivity (Wildman–Crippen MR) is 54.4 cm³/mol. The van der Waals surface area contributed by atoms with Crippen molar-refractivity contribution in [2.75, 3.05) is 6.54 Å². The molecule has 0 fully saturated rings. The van der Waals surface area contributed by atoms with Crippen LogP contribution in [0, 0.1) is 12.3 Å². The molecule has 0 aliphatic rings. The smallest absolute Gasteiger partial charge is 0.310 e. The molecule has 0 radical (unpaired) electrons. The molecule has 0 amide bonds. The zero-order chi connectivity index (χ0) is 11.5. The number of hydrogen-bond acceptors (Lipinski definition) is 4. The van der Waals surface area contributed by atoms with Gasteiger partial charge in [-0.15, -0.1) is 0 Å². The van der Waals surface area contributed by atoms with Crippen LogP contribution in [-0.4, -0.2) is 22.8 Å². The molecule has 0 aliphatic heterocycles. The molecule has 5 nitrogen and oxygen atoms in total. The van der Waals surface area contributed by atoms with Gasteiger partial charge >= 0.3 is 5.97 Å². The first-order chi connectivity index (χ1) is 6.92. The summed E-state index contributed by atoms with van der Waals surface area (Å²) in [7, 11) is 0. The van der Waals surface area contributed by atoms with Gasteiger partial charge in [-0.25, -0.2) is 0 Å². The highest BCUT2D eigenvalue weighted by Crippen LogP contribution is 2.13. The van der Waals surface area contributed by atoms with Gasteiger partial charge in [-0.05, 0) is 20.8 Å². The van der Waals surface area contributed by atoms with Crippen molar-refractivity contribution in [3.05, 3.63) is 17.5 Å². The Bertz CT molecular complexity index is 344. The van der Waals surface area contributed by atoms with Crippen LogP contribution in [0.5, 0.6) is 0 Å². The lowest BCUT2D eigenvalue weighted by molar-refractivity contribution is -0.146. The number of carbonyl (C=O) groups is 1. The molecule has 0 saturated heterocycles. The van der Waals surface area contributed by atoms with Crippen molar-refractivity contribution < 1.29 is 14.4 Å². The third kappa shape index (κ3) is 3.36. The van der Waals surface area contributed by atoms with Crippen LogP contribution in [0.25, 0.3) is 0 Å². The third-order valence-corrected chi connectivity index (χ3v) is 2.13. The molecular weight excluding hydrogens is 196 g/mol. The Morgan fingerprint density at radius 1 is 1.67 bits per heavy atom. The number of nitrogens with zero attached hydrogens (tertiary/aromatic N) is 1. The van der Waals surface area contributed by atoms with Crippen molar-refractivity contribution in [1.82, 2.24) is 10.5 Å². The van der Waals surface area contributed by atoms with E-state index in [4.69, 9.17) is 9.63 Å². The van der Waals surface area contributed by atoms with E-state index in [1.807, 2.05) is 13.0 Å². The molecule has 0 spiro atoms. The first kappa shape index (κ1) is 11.7. The Labute approximate surface area is 88.5 Å². The van der Waals surface area contributed by atoms with Gasteiger partial charge in [0.15, 0.2) is 0 Å². The summed E-state index contributed by atoms with van der Waals surface area (Å²) in [5.74, 6) is -0.0596. The van der Waals surface area contributed by atoms with E-state index in [0.29, 0.717) is 13.1 Å². The molecule has 2 N–H and O–H groups in total. The number of rotatable bonds is 5. The van der Waals surface area contributed by atoms with Gasteiger partial charge in [0, 0.05) is 19.2 Å².